The van der Waals surface area contributed by atoms with Crippen molar-refractivity contribution in [1.82, 2.24) is 24.4 Å². The van der Waals surface area contributed by atoms with E-state index >= 15 is 0 Å². The average Bonchev–Trinajstić information content (AvgIpc) is 2.74. The lowest BCUT2D eigenvalue weighted by molar-refractivity contribution is 0.0525. The number of hydrogen-bond acceptors (Lipinski definition) is 6. The maximum Gasteiger partial charge on any atom is 0.259 e. The number of nitrogens with zero attached hydrogens (tertiary/aromatic N) is 5. The molecule has 0 aromatic carbocycles. The van der Waals surface area contributed by atoms with Gasteiger partial charge >= 0.3 is 0 Å². The monoisotopic (exact) mass is 393 g/mol. The maximum absolute atomic E-state index is 13.2. The van der Waals surface area contributed by atoms with Gasteiger partial charge in [0.25, 0.3) is 5.91 Å². The Bertz CT molecular complexity index is 1100. The highest BCUT2D eigenvalue weighted by Crippen LogP contribution is 2.18. The minimum atomic E-state index is -0.279. The topological polar surface area (TPSA) is 90.2 Å². The van der Waals surface area contributed by atoms with Crippen LogP contribution in [0.5, 0.6) is 5.88 Å². The quantitative estimate of drug-likeness (QED) is 0.675. The van der Waals surface area contributed by atoms with Gasteiger partial charge in [-0.15, -0.1) is 0 Å². The number of piperidine rings is 1. The van der Waals surface area contributed by atoms with Gasteiger partial charge in [0, 0.05) is 37.4 Å². The third-order valence-electron chi connectivity index (χ3n) is 5.12. The van der Waals surface area contributed by atoms with E-state index in [1.807, 2.05) is 18.4 Å². The molecule has 1 amide bonds. The molecule has 0 N–H and O–H groups in total. The number of hydrogen-bond donors (Lipinski definition) is 0. The maximum atomic E-state index is 13.2. The van der Waals surface area contributed by atoms with Gasteiger partial charge < -0.3 is 14.2 Å². The standard InChI is InChI=1S/C21H23N5O3/c1-3-25-13-17(19(27)16-7-6-14(2)24-20(16)25)21(28)26-10-4-5-15(12-26)29-18-11-22-8-9-23-18/h6-9,11,13,15H,3-5,10,12H2,1-2H3. The molecule has 8 nitrogen and oxygen atoms in total. The van der Waals surface area contributed by atoms with Crippen molar-refractivity contribution in [2.75, 3.05) is 13.1 Å². The number of amides is 1. The molecule has 1 aliphatic heterocycles. The van der Waals surface area contributed by atoms with E-state index < -0.39 is 0 Å². The third kappa shape index (κ3) is 3.83. The van der Waals surface area contributed by atoms with E-state index in [4.69, 9.17) is 4.74 Å². The first-order chi connectivity index (χ1) is 14.1. The van der Waals surface area contributed by atoms with E-state index in [1.165, 1.54) is 0 Å². The van der Waals surface area contributed by atoms with Crippen LogP contribution in [0.4, 0.5) is 0 Å². The van der Waals surface area contributed by atoms with E-state index in [9.17, 15) is 9.59 Å². The number of fused-ring (bicyclic) bond motifs is 1. The number of aromatic nitrogens is 4. The van der Waals surface area contributed by atoms with Crippen LogP contribution in [-0.2, 0) is 6.54 Å². The number of pyridine rings is 2. The minimum absolute atomic E-state index is 0.171. The molecule has 0 aliphatic carbocycles. The third-order valence-corrected chi connectivity index (χ3v) is 5.12. The molecule has 1 aliphatic rings. The van der Waals surface area contributed by atoms with Crippen LogP contribution >= 0.6 is 0 Å². The van der Waals surface area contributed by atoms with E-state index in [0.29, 0.717) is 36.5 Å². The second-order valence-corrected chi connectivity index (χ2v) is 7.16. The van der Waals surface area contributed by atoms with Gasteiger partial charge in [-0.05, 0) is 38.8 Å². The molecule has 1 saturated heterocycles. The van der Waals surface area contributed by atoms with Crippen LogP contribution in [0.1, 0.15) is 35.8 Å². The summed E-state index contributed by atoms with van der Waals surface area (Å²) in [5.74, 6) is 0.166. The molecular formula is C21H23N5O3. The van der Waals surface area contributed by atoms with Gasteiger partial charge in [0.2, 0.25) is 11.3 Å². The predicted octanol–water partition coefficient (Wildman–Crippen LogP) is 2.20. The molecule has 8 heteroatoms. The number of carbonyl (C=O) groups is 1. The van der Waals surface area contributed by atoms with Crippen molar-refractivity contribution in [2.45, 2.75) is 39.3 Å². The number of ether oxygens (including phenoxy) is 1. The van der Waals surface area contributed by atoms with Gasteiger partial charge in [-0.25, -0.2) is 9.97 Å². The van der Waals surface area contributed by atoms with Crippen molar-refractivity contribution in [3.63, 3.8) is 0 Å². The highest BCUT2D eigenvalue weighted by molar-refractivity contribution is 5.97. The summed E-state index contributed by atoms with van der Waals surface area (Å²) in [4.78, 5) is 40.5. The van der Waals surface area contributed by atoms with Gasteiger partial charge in [0.05, 0.1) is 18.1 Å². The lowest BCUT2D eigenvalue weighted by Crippen LogP contribution is -2.45. The predicted molar refractivity (Wildman–Crippen MR) is 108 cm³/mol. The van der Waals surface area contributed by atoms with Gasteiger partial charge in [-0.1, -0.05) is 0 Å². The molecule has 0 radical (unpaired) electrons. The Morgan fingerprint density at radius 3 is 2.93 bits per heavy atom. The molecule has 0 bridgehead atoms. The Morgan fingerprint density at radius 2 is 2.17 bits per heavy atom. The molecule has 1 unspecified atom stereocenters. The molecule has 0 saturated carbocycles. The van der Waals surface area contributed by atoms with Crippen LogP contribution in [0.15, 0.2) is 41.7 Å². The number of aryl methyl sites for hydroxylation is 2. The first kappa shape index (κ1) is 19.0. The summed E-state index contributed by atoms with van der Waals surface area (Å²) in [7, 11) is 0. The highest BCUT2D eigenvalue weighted by Gasteiger charge is 2.28. The van der Waals surface area contributed by atoms with E-state index in [2.05, 4.69) is 15.0 Å². The molecule has 150 valence electrons. The molecule has 3 aromatic heterocycles. The molecule has 4 rings (SSSR count). The zero-order valence-corrected chi connectivity index (χ0v) is 16.5. The number of likely N-dealkylation sites (tertiary alicyclic amines) is 1. The summed E-state index contributed by atoms with van der Waals surface area (Å²) >= 11 is 0. The fraction of sp³-hybridized carbons (Fsp3) is 0.381. The SMILES string of the molecule is CCn1cc(C(=O)N2CCCC(Oc3cnccn3)C2)c(=O)c2ccc(C)nc21. The fourth-order valence-electron chi connectivity index (χ4n) is 3.66. The zero-order chi connectivity index (χ0) is 20.4. The van der Waals surface area contributed by atoms with Crippen LogP contribution in [-0.4, -0.2) is 49.5 Å². The Hall–Kier alpha value is -3.29. The molecule has 29 heavy (non-hydrogen) atoms. The van der Waals surface area contributed by atoms with Gasteiger partial charge in [-0.3, -0.25) is 14.6 Å². The Labute approximate surface area is 168 Å². The summed E-state index contributed by atoms with van der Waals surface area (Å²) in [5, 5.41) is 0.465. The van der Waals surface area contributed by atoms with Crippen molar-refractivity contribution in [3.05, 3.63) is 58.4 Å². The lowest BCUT2D eigenvalue weighted by Gasteiger charge is -2.32. The zero-order valence-electron chi connectivity index (χ0n) is 16.5. The number of carbonyl (C=O) groups excluding carboxylic acids is 1. The van der Waals surface area contributed by atoms with Crippen LogP contribution in [0.2, 0.25) is 0 Å². The first-order valence-electron chi connectivity index (χ1n) is 9.79. The first-order valence-corrected chi connectivity index (χ1v) is 9.79. The fourth-order valence-corrected chi connectivity index (χ4v) is 3.66. The van der Waals surface area contributed by atoms with E-state index in [1.54, 1.807) is 41.8 Å². The van der Waals surface area contributed by atoms with Crippen LogP contribution in [0, 0.1) is 6.92 Å². The van der Waals surface area contributed by atoms with Gasteiger partial charge in [-0.2, -0.15) is 0 Å². The van der Waals surface area contributed by atoms with Gasteiger partial charge in [0.1, 0.15) is 17.3 Å². The second-order valence-electron chi connectivity index (χ2n) is 7.16. The molecular weight excluding hydrogens is 370 g/mol. The molecule has 0 spiro atoms. The molecule has 1 atom stereocenters. The Balaban J connectivity index is 1.62. The smallest absolute Gasteiger partial charge is 0.259 e. The van der Waals surface area contributed by atoms with Crippen LogP contribution < -0.4 is 10.2 Å². The molecule has 3 aromatic rings. The lowest BCUT2D eigenvalue weighted by atomic mass is 10.1. The van der Waals surface area contributed by atoms with Crippen molar-refractivity contribution >= 4 is 16.9 Å². The van der Waals surface area contributed by atoms with E-state index in [-0.39, 0.29) is 23.0 Å². The largest absolute Gasteiger partial charge is 0.471 e. The Morgan fingerprint density at radius 1 is 1.31 bits per heavy atom. The van der Waals surface area contributed by atoms with Crippen molar-refractivity contribution in [2.24, 2.45) is 0 Å². The van der Waals surface area contributed by atoms with E-state index in [0.717, 1.165) is 18.5 Å². The summed E-state index contributed by atoms with van der Waals surface area (Å²) in [6, 6.07) is 3.54. The van der Waals surface area contributed by atoms with Gasteiger partial charge in [0.15, 0.2) is 0 Å². The normalized spacial score (nSPS) is 16.8. The number of rotatable bonds is 4. The van der Waals surface area contributed by atoms with Crippen LogP contribution in [0.25, 0.3) is 11.0 Å². The van der Waals surface area contributed by atoms with Crippen LogP contribution in [0.3, 0.4) is 0 Å². The minimum Gasteiger partial charge on any atom is -0.471 e. The summed E-state index contributed by atoms with van der Waals surface area (Å²) in [5.41, 5.74) is 1.33. The highest BCUT2D eigenvalue weighted by atomic mass is 16.5. The molecule has 1 fully saturated rings. The Kier molecular flexibility index (Phi) is 5.24. The van der Waals surface area contributed by atoms with Crippen molar-refractivity contribution in [3.8, 4) is 5.88 Å². The van der Waals surface area contributed by atoms with Crippen molar-refractivity contribution in [1.29, 1.82) is 0 Å². The summed E-state index contributed by atoms with van der Waals surface area (Å²) < 4.78 is 7.72. The summed E-state index contributed by atoms with van der Waals surface area (Å²) in [6.07, 6.45) is 7.78. The van der Waals surface area contributed by atoms with Crippen molar-refractivity contribution < 1.29 is 9.53 Å². The second kappa shape index (κ2) is 7.98. The average molecular weight is 393 g/mol. The molecule has 4 heterocycles. The summed E-state index contributed by atoms with van der Waals surface area (Å²) in [6.45, 7) is 5.47.